The SMILES string of the molecule is COC(=O)/C=C/Cc1ccc2c3c(cccc13)CC2. The van der Waals surface area contributed by atoms with Gasteiger partial charge in [0, 0.05) is 6.08 Å². The van der Waals surface area contributed by atoms with E-state index in [-0.39, 0.29) is 5.97 Å². The first-order chi connectivity index (χ1) is 9.29. The van der Waals surface area contributed by atoms with Crippen molar-refractivity contribution in [1.29, 1.82) is 0 Å². The van der Waals surface area contributed by atoms with E-state index in [2.05, 4.69) is 35.1 Å². The van der Waals surface area contributed by atoms with E-state index in [9.17, 15) is 4.79 Å². The van der Waals surface area contributed by atoms with Gasteiger partial charge in [-0.2, -0.15) is 0 Å². The smallest absolute Gasteiger partial charge is 0.330 e. The molecule has 2 aromatic rings. The molecule has 2 aromatic carbocycles. The van der Waals surface area contributed by atoms with Gasteiger partial charge in [-0.05, 0) is 46.7 Å². The Labute approximate surface area is 112 Å². The molecule has 0 fully saturated rings. The van der Waals surface area contributed by atoms with Crippen molar-refractivity contribution in [3.63, 3.8) is 0 Å². The van der Waals surface area contributed by atoms with E-state index in [1.807, 2.05) is 6.08 Å². The highest BCUT2D eigenvalue weighted by molar-refractivity contribution is 5.93. The van der Waals surface area contributed by atoms with Gasteiger partial charge in [-0.15, -0.1) is 0 Å². The number of aryl methyl sites for hydroxylation is 2. The number of methoxy groups -OCH3 is 1. The Morgan fingerprint density at radius 2 is 2.00 bits per heavy atom. The number of benzene rings is 2. The summed E-state index contributed by atoms with van der Waals surface area (Å²) in [7, 11) is 1.39. The molecule has 2 nitrogen and oxygen atoms in total. The minimum atomic E-state index is -0.300. The van der Waals surface area contributed by atoms with Crippen LogP contribution in [0.2, 0.25) is 0 Å². The summed E-state index contributed by atoms with van der Waals surface area (Å²) in [5.41, 5.74) is 4.17. The summed E-state index contributed by atoms with van der Waals surface area (Å²) in [5.74, 6) is -0.300. The van der Waals surface area contributed by atoms with Crippen LogP contribution in [0.3, 0.4) is 0 Å². The first-order valence-corrected chi connectivity index (χ1v) is 6.56. The van der Waals surface area contributed by atoms with Crippen LogP contribution < -0.4 is 0 Å². The van der Waals surface area contributed by atoms with Gasteiger partial charge in [-0.3, -0.25) is 0 Å². The highest BCUT2D eigenvalue weighted by Gasteiger charge is 2.14. The summed E-state index contributed by atoms with van der Waals surface area (Å²) >= 11 is 0. The maximum atomic E-state index is 11.1. The van der Waals surface area contributed by atoms with Gasteiger partial charge in [0.15, 0.2) is 0 Å². The van der Waals surface area contributed by atoms with Crippen LogP contribution in [-0.2, 0) is 28.8 Å². The van der Waals surface area contributed by atoms with Crippen LogP contribution in [0.25, 0.3) is 10.8 Å². The topological polar surface area (TPSA) is 26.3 Å². The molecule has 0 atom stereocenters. The lowest BCUT2D eigenvalue weighted by Crippen LogP contribution is -1.94. The molecular formula is C17H16O2. The second-order valence-corrected chi connectivity index (χ2v) is 4.85. The monoisotopic (exact) mass is 252 g/mol. The normalized spacial score (nSPS) is 13.3. The minimum Gasteiger partial charge on any atom is -0.466 e. The van der Waals surface area contributed by atoms with Crippen molar-refractivity contribution in [1.82, 2.24) is 0 Å². The summed E-state index contributed by atoms with van der Waals surface area (Å²) < 4.78 is 4.60. The molecule has 2 heteroatoms. The summed E-state index contributed by atoms with van der Waals surface area (Å²) in [4.78, 5) is 11.1. The van der Waals surface area contributed by atoms with Crippen molar-refractivity contribution < 1.29 is 9.53 Å². The van der Waals surface area contributed by atoms with Gasteiger partial charge in [0.2, 0.25) is 0 Å². The maximum absolute atomic E-state index is 11.1. The number of ether oxygens (including phenoxy) is 1. The van der Waals surface area contributed by atoms with Gasteiger partial charge < -0.3 is 4.74 Å². The average Bonchev–Trinajstić information content (AvgIpc) is 2.86. The molecule has 0 unspecified atom stereocenters. The fourth-order valence-electron chi connectivity index (χ4n) is 2.84. The lowest BCUT2D eigenvalue weighted by atomic mass is 9.98. The quantitative estimate of drug-likeness (QED) is 0.619. The zero-order valence-corrected chi connectivity index (χ0v) is 11.0. The second kappa shape index (κ2) is 4.88. The first kappa shape index (κ1) is 12.0. The Bertz CT molecular complexity index is 658. The third-order valence-electron chi connectivity index (χ3n) is 3.76. The summed E-state index contributed by atoms with van der Waals surface area (Å²) in [6.07, 6.45) is 6.41. The Morgan fingerprint density at radius 1 is 1.21 bits per heavy atom. The number of esters is 1. The number of carbonyl (C=O) groups is 1. The van der Waals surface area contributed by atoms with Crippen molar-refractivity contribution >= 4 is 16.7 Å². The van der Waals surface area contributed by atoms with Crippen LogP contribution in [0, 0.1) is 0 Å². The van der Waals surface area contributed by atoms with Gasteiger partial charge in [-0.1, -0.05) is 36.4 Å². The molecule has 0 spiro atoms. The van der Waals surface area contributed by atoms with E-state index < -0.39 is 0 Å². The molecule has 0 aromatic heterocycles. The van der Waals surface area contributed by atoms with E-state index in [0.717, 1.165) is 19.3 Å². The van der Waals surface area contributed by atoms with Crippen LogP contribution in [0.15, 0.2) is 42.5 Å². The predicted molar refractivity (Wildman–Crippen MR) is 76.2 cm³/mol. The van der Waals surface area contributed by atoms with Crippen molar-refractivity contribution in [2.45, 2.75) is 19.3 Å². The Balaban J connectivity index is 1.97. The summed E-state index contributed by atoms with van der Waals surface area (Å²) in [5, 5.41) is 2.74. The Hall–Kier alpha value is -2.09. The molecule has 1 aliphatic carbocycles. The molecule has 19 heavy (non-hydrogen) atoms. The Kier molecular flexibility index (Phi) is 3.08. The van der Waals surface area contributed by atoms with Gasteiger partial charge in [0.25, 0.3) is 0 Å². The molecular weight excluding hydrogens is 236 g/mol. The number of carbonyl (C=O) groups excluding carboxylic acids is 1. The van der Waals surface area contributed by atoms with Crippen molar-refractivity contribution in [3.8, 4) is 0 Å². The molecule has 0 heterocycles. The Morgan fingerprint density at radius 3 is 2.79 bits per heavy atom. The van der Waals surface area contributed by atoms with Crippen molar-refractivity contribution in [3.05, 3.63) is 59.2 Å². The molecule has 0 saturated heterocycles. The van der Waals surface area contributed by atoms with Gasteiger partial charge in [-0.25, -0.2) is 4.79 Å². The summed E-state index contributed by atoms with van der Waals surface area (Å²) in [6.45, 7) is 0. The van der Waals surface area contributed by atoms with Gasteiger partial charge in [0.1, 0.15) is 0 Å². The third-order valence-corrected chi connectivity index (χ3v) is 3.76. The van der Waals surface area contributed by atoms with Crippen molar-refractivity contribution in [2.24, 2.45) is 0 Å². The average molecular weight is 252 g/mol. The number of hydrogen-bond donors (Lipinski definition) is 0. The van der Waals surface area contributed by atoms with Crippen LogP contribution >= 0.6 is 0 Å². The molecule has 3 rings (SSSR count). The molecule has 0 N–H and O–H groups in total. The van der Waals surface area contributed by atoms with Gasteiger partial charge in [0.05, 0.1) is 7.11 Å². The largest absolute Gasteiger partial charge is 0.466 e. The van der Waals surface area contributed by atoms with E-state index in [0.29, 0.717) is 0 Å². The highest BCUT2D eigenvalue weighted by Crippen LogP contribution is 2.32. The standard InChI is InChI=1S/C17H16O2/c1-19-16(18)7-3-4-12-8-9-14-11-10-13-5-2-6-15(12)17(13)14/h2-3,5-9H,4,10-11H2,1H3/b7-3+. The molecule has 1 aliphatic rings. The number of rotatable bonds is 3. The van der Waals surface area contributed by atoms with E-state index in [4.69, 9.17) is 0 Å². The molecule has 0 bridgehead atoms. The highest BCUT2D eigenvalue weighted by atomic mass is 16.5. The van der Waals surface area contributed by atoms with Crippen LogP contribution in [0.4, 0.5) is 0 Å². The van der Waals surface area contributed by atoms with E-state index >= 15 is 0 Å². The van der Waals surface area contributed by atoms with E-state index in [1.165, 1.54) is 40.6 Å². The molecule has 0 saturated carbocycles. The van der Waals surface area contributed by atoms with Crippen LogP contribution in [0.5, 0.6) is 0 Å². The molecule has 0 amide bonds. The van der Waals surface area contributed by atoms with Gasteiger partial charge >= 0.3 is 5.97 Å². The fourth-order valence-corrected chi connectivity index (χ4v) is 2.84. The zero-order chi connectivity index (χ0) is 13.2. The lowest BCUT2D eigenvalue weighted by molar-refractivity contribution is -0.134. The lowest BCUT2D eigenvalue weighted by Gasteiger charge is -2.07. The minimum absolute atomic E-state index is 0.300. The number of hydrogen-bond acceptors (Lipinski definition) is 2. The first-order valence-electron chi connectivity index (χ1n) is 6.56. The predicted octanol–water partition coefficient (Wildman–Crippen LogP) is 3.21. The van der Waals surface area contributed by atoms with Crippen LogP contribution in [0.1, 0.15) is 16.7 Å². The second-order valence-electron chi connectivity index (χ2n) is 4.85. The zero-order valence-electron chi connectivity index (χ0n) is 11.0. The maximum Gasteiger partial charge on any atom is 0.330 e. The van der Waals surface area contributed by atoms with E-state index in [1.54, 1.807) is 0 Å². The van der Waals surface area contributed by atoms with Crippen molar-refractivity contribution in [2.75, 3.05) is 7.11 Å². The third kappa shape index (κ3) is 2.14. The summed E-state index contributed by atoms with van der Waals surface area (Å²) in [6, 6.07) is 10.9. The van der Waals surface area contributed by atoms with Crippen LogP contribution in [-0.4, -0.2) is 13.1 Å². The molecule has 96 valence electrons. The fraction of sp³-hybridized carbons (Fsp3) is 0.235. The number of allylic oxidation sites excluding steroid dienone is 1. The molecule has 0 radical (unpaired) electrons. The molecule has 0 aliphatic heterocycles.